The van der Waals surface area contributed by atoms with Gasteiger partial charge in [-0.05, 0) is 0 Å². The van der Waals surface area contributed by atoms with Crippen molar-refractivity contribution in [3.63, 3.8) is 0 Å². The van der Waals surface area contributed by atoms with Gasteiger partial charge < -0.3 is 10.6 Å². The molecule has 0 spiro atoms. The normalized spacial score (nSPS) is 18.9. The van der Waals surface area contributed by atoms with Crippen molar-refractivity contribution in [3.8, 4) is 0 Å². The second kappa shape index (κ2) is 1.22. The quantitative estimate of drug-likeness (QED) is 0.405. The van der Waals surface area contributed by atoms with Crippen molar-refractivity contribution in [3.05, 3.63) is 0 Å². The van der Waals surface area contributed by atoms with Gasteiger partial charge in [0.2, 0.25) is 0 Å². The van der Waals surface area contributed by atoms with Crippen LogP contribution in [0.15, 0.2) is 5.16 Å². The zero-order chi connectivity index (χ0) is 5.28. The molecule has 0 aromatic heterocycles. The predicted molar refractivity (Wildman–Crippen MR) is 22.3 cm³/mol. The van der Waals surface area contributed by atoms with Crippen molar-refractivity contribution in [2.45, 2.75) is 6.42 Å². The number of nitrogens with two attached hydrogens (primary N) is 1. The van der Waals surface area contributed by atoms with Crippen molar-refractivity contribution in [1.29, 1.82) is 0 Å². The van der Waals surface area contributed by atoms with E-state index in [4.69, 9.17) is 5.73 Å². The fraction of sp³-hybridized carbons (Fsp3) is 0.333. The number of hydrogen-bond acceptors (Lipinski definition) is 4. The van der Waals surface area contributed by atoms with Gasteiger partial charge in [-0.2, -0.15) is 0 Å². The third kappa shape index (κ3) is 0.677. The number of oxime groups is 1. The summed E-state index contributed by atoms with van der Waals surface area (Å²) in [6, 6.07) is 0. The van der Waals surface area contributed by atoms with Gasteiger partial charge in [0, 0.05) is 0 Å². The molecule has 0 saturated carbocycles. The minimum atomic E-state index is -0.377. The van der Waals surface area contributed by atoms with Crippen molar-refractivity contribution in [1.82, 2.24) is 0 Å². The van der Waals surface area contributed by atoms with Gasteiger partial charge in [-0.3, -0.25) is 0 Å². The molecule has 0 aromatic rings. The molecule has 1 rings (SSSR count). The fourth-order valence-electron chi connectivity index (χ4n) is 0.322. The van der Waals surface area contributed by atoms with Crippen molar-refractivity contribution in [2.75, 3.05) is 0 Å². The Kier molecular flexibility index (Phi) is 0.714. The highest BCUT2D eigenvalue weighted by molar-refractivity contribution is 5.99. The van der Waals surface area contributed by atoms with Crippen LogP contribution in [0.2, 0.25) is 0 Å². The lowest BCUT2D eigenvalue weighted by molar-refractivity contribution is -0.140. The van der Waals surface area contributed by atoms with E-state index in [0.29, 0.717) is 0 Å². The molecule has 0 unspecified atom stereocenters. The Morgan fingerprint density at radius 1 is 1.86 bits per heavy atom. The van der Waals surface area contributed by atoms with Gasteiger partial charge in [0.15, 0.2) is 5.84 Å². The lowest BCUT2D eigenvalue weighted by atomic mass is 10.4. The summed E-state index contributed by atoms with van der Waals surface area (Å²) < 4.78 is 0. The summed E-state index contributed by atoms with van der Waals surface area (Å²) in [7, 11) is 0. The highest BCUT2D eigenvalue weighted by atomic mass is 16.7. The molecule has 1 aliphatic heterocycles. The topological polar surface area (TPSA) is 64.7 Å². The highest BCUT2D eigenvalue weighted by Gasteiger charge is 2.12. The molecule has 1 heterocycles. The van der Waals surface area contributed by atoms with Crippen LogP contribution in [0.5, 0.6) is 0 Å². The molecule has 0 radical (unpaired) electrons. The van der Waals surface area contributed by atoms with Crippen LogP contribution in [0.4, 0.5) is 0 Å². The molecule has 0 aromatic carbocycles. The molecule has 7 heavy (non-hydrogen) atoms. The average molecular weight is 100 g/mol. The Morgan fingerprint density at radius 2 is 2.57 bits per heavy atom. The first kappa shape index (κ1) is 4.11. The summed E-state index contributed by atoms with van der Waals surface area (Å²) in [6.07, 6.45) is 0.139. The number of carbonyl (C=O) groups is 1. The van der Waals surface area contributed by atoms with E-state index in [0.717, 1.165) is 0 Å². The molecule has 0 atom stereocenters. The first-order valence-corrected chi connectivity index (χ1v) is 1.81. The molecular weight excluding hydrogens is 96.0 g/mol. The monoisotopic (exact) mass is 100 g/mol. The SMILES string of the molecule is NC1=NOC(=O)C1. The standard InChI is InChI=1S/C3H4N2O2/c4-2-1-3(6)7-5-2/h1H2,(H2,4,5). The van der Waals surface area contributed by atoms with Crippen LogP contribution in [0.3, 0.4) is 0 Å². The van der Waals surface area contributed by atoms with Crippen LogP contribution in [-0.4, -0.2) is 11.8 Å². The van der Waals surface area contributed by atoms with Crippen LogP contribution in [0.1, 0.15) is 6.42 Å². The van der Waals surface area contributed by atoms with E-state index < -0.39 is 0 Å². The summed E-state index contributed by atoms with van der Waals surface area (Å²) in [4.78, 5) is 14.1. The van der Waals surface area contributed by atoms with Gasteiger partial charge in [-0.15, -0.1) is 0 Å². The first-order valence-electron chi connectivity index (χ1n) is 1.81. The third-order valence-electron chi connectivity index (χ3n) is 0.590. The number of hydrogen-bond donors (Lipinski definition) is 1. The lowest BCUT2D eigenvalue weighted by Gasteiger charge is -1.74. The summed E-state index contributed by atoms with van der Waals surface area (Å²) >= 11 is 0. The van der Waals surface area contributed by atoms with Crippen molar-refractivity contribution < 1.29 is 9.63 Å². The zero-order valence-corrected chi connectivity index (χ0v) is 3.55. The molecule has 4 heteroatoms. The predicted octanol–water partition coefficient (Wildman–Crippen LogP) is -0.795. The molecular formula is C3H4N2O2. The largest absolute Gasteiger partial charge is 0.384 e. The molecule has 0 bridgehead atoms. The Bertz CT molecular complexity index is 129. The van der Waals surface area contributed by atoms with Gasteiger partial charge in [0.1, 0.15) is 6.42 Å². The van der Waals surface area contributed by atoms with E-state index in [-0.39, 0.29) is 18.2 Å². The van der Waals surface area contributed by atoms with Crippen molar-refractivity contribution in [2.24, 2.45) is 10.9 Å². The maximum atomic E-state index is 10.0. The second-order valence-corrected chi connectivity index (χ2v) is 1.22. The Balaban J connectivity index is 2.58. The number of rotatable bonds is 0. The third-order valence-corrected chi connectivity index (χ3v) is 0.590. The van der Waals surface area contributed by atoms with Crippen LogP contribution in [0, 0.1) is 0 Å². The van der Waals surface area contributed by atoms with Gasteiger partial charge in [0.05, 0.1) is 0 Å². The first-order chi connectivity index (χ1) is 3.29. The second-order valence-electron chi connectivity index (χ2n) is 1.22. The van der Waals surface area contributed by atoms with E-state index in [9.17, 15) is 4.79 Å². The lowest BCUT2D eigenvalue weighted by Crippen LogP contribution is -2.08. The maximum Gasteiger partial charge on any atom is 0.342 e. The molecule has 0 fully saturated rings. The summed E-state index contributed by atoms with van der Waals surface area (Å²) in [6.45, 7) is 0. The van der Waals surface area contributed by atoms with Crippen LogP contribution in [0.25, 0.3) is 0 Å². The molecule has 0 aliphatic carbocycles. The van der Waals surface area contributed by atoms with E-state index in [1.165, 1.54) is 0 Å². The minimum Gasteiger partial charge on any atom is -0.384 e. The molecule has 0 saturated heterocycles. The number of amidine groups is 1. The molecule has 1 aliphatic rings. The van der Waals surface area contributed by atoms with E-state index in [1.807, 2.05) is 0 Å². The van der Waals surface area contributed by atoms with Gasteiger partial charge in [-0.25, -0.2) is 4.79 Å². The Labute approximate surface area is 39.9 Å². The van der Waals surface area contributed by atoms with Crippen LogP contribution >= 0.6 is 0 Å². The van der Waals surface area contributed by atoms with E-state index in [2.05, 4.69) is 9.99 Å². The fourth-order valence-corrected chi connectivity index (χ4v) is 0.322. The molecule has 4 nitrogen and oxygen atoms in total. The van der Waals surface area contributed by atoms with Crippen LogP contribution < -0.4 is 5.73 Å². The van der Waals surface area contributed by atoms with E-state index >= 15 is 0 Å². The van der Waals surface area contributed by atoms with Gasteiger partial charge in [-0.1, -0.05) is 5.16 Å². The summed E-state index contributed by atoms with van der Waals surface area (Å²) in [5, 5.41) is 3.16. The minimum absolute atomic E-state index is 0.139. The zero-order valence-electron chi connectivity index (χ0n) is 3.55. The Morgan fingerprint density at radius 3 is 2.71 bits per heavy atom. The Hall–Kier alpha value is -1.06. The highest BCUT2D eigenvalue weighted by Crippen LogP contribution is 1.95. The maximum absolute atomic E-state index is 10.0. The van der Waals surface area contributed by atoms with Gasteiger partial charge >= 0.3 is 5.97 Å². The molecule has 38 valence electrons. The van der Waals surface area contributed by atoms with Crippen molar-refractivity contribution >= 4 is 11.8 Å². The number of carbonyl (C=O) groups excluding carboxylic acids is 1. The molecule has 2 N–H and O–H groups in total. The summed E-state index contributed by atoms with van der Waals surface area (Å²) in [5.74, 6) is -0.123. The van der Waals surface area contributed by atoms with E-state index in [1.54, 1.807) is 0 Å². The smallest absolute Gasteiger partial charge is 0.342 e. The average Bonchev–Trinajstić information content (AvgIpc) is 1.87. The number of nitrogens with zero attached hydrogens (tertiary/aromatic N) is 1. The van der Waals surface area contributed by atoms with Crippen LogP contribution in [-0.2, 0) is 9.63 Å². The molecule has 0 amide bonds. The van der Waals surface area contributed by atoms with Gasteiger partial charge in [0.25, 0.3) is 0 Å². The summed E-state index contributed by atoms with van der Waals surface area (Å²) in [5.41, 5.74) is 5.03.